The molecule has 0 aliphatic carbocycles. The number of esters is 1. The summed E-state index contributed by atoms with van der Waals surface area (Å²) in [5.41, 5.74) is 2.91. The normalized spacial score (nSPS) is 16.8. The number of anilines is 1. The maximum atomic E-state index is 13.4. The molecule has 1 aliphatic heterocycles. The van der Waals surface area contributed by atoms with Gasteiger partial charge in [-0.1, -0.05) is 38.1 Å². The monoisotopic (exact) mass is 499 g/mol. The molecule has 0 bridgehead atoms. The molecule has 1 N–H and O–H groups in total. The summed E-state index contributed by atoms with van der Waals surface area (Å²) in [6.45, 7) is 6.12. The van der Waals surface area contributed by atoms with Gasteiger partial charge in [-0.3, -0.25) is 14.5 Å². The molecule has 1 atom stereocenters. The quantitative estimate of drug-likeness (QED) is 0.196. The van der Waals surface area contributed by atoms with Gasteiger partial charge in [-0.2, -0.15) is 0 Å². The van der Waals surface area contributed by atoms with Gasteiger partial charge in [0.05, 0.1) is 30.9 Å². The zero-order valence-corrected chi connectivity index (χ0v) is 21.2. The topological polar surface area (TPSA) is 93.1 Å². The molecule has 3 aromatic rings. The van der Waals surface area contributed by atoms with Gasteiger partial charge >= 0.3 is 5.97 Å². The molecule has 190 valence electrons. The van der Waals surface area contributed by atoms with Crippen LogP contribution >= 0.6 is 0 Å². The Hall–Kier alpha value is -4.39. The average molecular weight is 500 g/mol. The summed E-state index contributed by atoms with van der Waals surface area (Å²) in [4.78, 5) is 40.2. The predicted molar refractivity (Wildman–Crippen MR) is 141 cm³/mol. The molecule has 37 heavy (non-hydrogen) atoms. The van der Waals surface area contributed by atoms with Gasteiger partial charge in [0.15, 0.2) is 0 Å². The molecule has 7 heteroatoms. The molecule has 0 spiro atoms. The lowest BCUT2D eigenvalue weighted by Gasteiger charge is -2.26. The van der Waals surface area contributed by atoms with E-state index in [0.717, 1.165) is 5.56 Å². The first-order chi connectivity index (χ1) is 17.8. The fourth-order valence-corrected chi connectivity index (χ4v) is 4.35. The summed E-state index contributed by atoms with van der Waals surface area (Å²) in [6, 6.07) is 19.7. The van der Waals surface area contributed by atoms with Gasteiger partial charge in [0.25, 0.3) is 11.7 Å². The van der Waals surface area contributed by atoms with Crippen molar-refractivity contribution in [3.05, 3.63) is 101 Å². The van der Waals surface area contributed by atoms with Crippen molar-refractivity contribution in [1.29, 1.82) is 0 Å². The van der Waals surface area contributed by atoms with Crippen LogP contribution in [0.25, 0.3) is 5.76 Å². The molecule has 3 aromatic carbocycles. The molecule has 1 amide bonds. The van der Waals surface area contributed by atoms with Crippen LogP contribution in [0, 0.1) is 0 Å². The maximum absolute atomic E-state index is 13.4. The van der Waals surface area contributed by atoms with E-state index in [1.165, 1.54) is 12.0 Å². The lowest BCUT2D eigenvalue weighted by molar-refractivity contribution is -0.132. The maximum Gasteiger partial charge on any atom is 0.338 e. The highest BCUT2D eigenvalue weighted by Crippen LogP contribution is 2.42. The number of methoxy groups -OCH3 is 1. The number of hydrogen-bond acceptors (Lipinski definition) is 6. The third-order valence-corrected chi connectivity index (χ3v) is 6.38. The van der Waals surface area contributed by atoms with E-state index in [1.807, 2.05) is 24.3 Å². The zero-order valence-electron chi connectivity index (χ0n) is 21.2. The molecule has 1 unspecified atom stereocenters. The molecule has 7 nitrogen and oxygen atoms in total. The molecular weight excluding hydrogens is 470 g/mol. The average Bonchev–Trinajstić information content (AvgIpc) is 3.18. The summed E-state index contributed by atoms with van der Waals surface area (Å²) in [5.74, 6) is -1.41. The number of nitrogens with zero attached hydrogens (tertiary/aromatic N) is 1. The minimum atomic E-state index is -0.864. The second kappa shape index (κ2) is 10.7. The Morgan fingerprint density at radius 1 is 0.919 bits per heavy atom. The summed E-state index contributed by atoms with van der Waals surface area (Å²) in [7, 11) is 1.54. The minimum Gasteiger partial charge on any atom is -0.507 e. The first kappa shape index (κ1) is 25.7. The van der Waals surface area contributed by atoms with E-state index < -0.39 is 23.7 Å². The Morgan fingerprint density at radius 2 is 1.51 bits per heavy atom. The highest BCUT2D eigenvalue weighted by molar-refractivity contribution is 6.51. The Morgan fingerprint density at radius 3 is 2.05 bits per heavy atom. The smallest absolute Gasteiger partial charge is 0.338 e. The van der Waals surface area contributed by atoms with E-state index in [2.05, 4.69) is 13.8 Å². The van der Waals surface area contributed by atoms with E-state index in [4.69, 9.17) is 9.47 Å². The van der Waals surface area contributed by atoms with Gasteiger partial charge in [-0.15, -0.1) is 0 Å². The van der Waals surface area contributed by atoms with Crippen molar-refractivity contribution in [2.75, 3.05) is 18.6 Å². The van der Waals surface area contributed by atoms with Crippen molar-refractivity contribution in [2.24, 2.45) is 0 Å². The minimum absolute atomic E-state index is 0.0121. The fourth-order valence-electron chi connectivity index (χ4n) is 4.35. The highest BCUT2D eigenvalue weighted by Gasteiger charge is 2.47. The largest absolute Gasteiger partial charge is 0.507 e. The van der Waals surface area contributed by atoms with Crippen LogP contribution in [0.2, 0.25) is 0 Å². The number of aliphatic hydroxyl groups excluding tert-OH is 1. The van der Waals surface area contributed by atoms with Gasteiger partial charge in [0.2, 0.25) is 0 Å². The first-order valence-corrected chi connectivity index (χ1v) is 12.1. The molecular formula is C30H29NO6. The van der Waals surface area contributed by atoms with Crippen LogP contribution in [0.1, 0.15) is 59.8 Å². The number of amides is 1. The number of ether oxygens (including phenoxy) is 2. The Balaban J connectivity index is 1.85. The number of ketones is 1. The lowest BCUT2D eigenvalue weighted by Crippen LogP contribution is -2.29. The number of Topliss-reactive ketones (excluding diaryl/α,β-unsaturated/α-hetero) is 1. The fraction of sp³-hybridized carbons (Fsp3) is 0.233. The van der Waals surface area contributed by atoms with Crippen molar-refractivity contribution in [2.45, 2.75) is 32.7 Å². The number of benzene rings is 3. The third kappa shape index (κ3) is 4.98. The SMILES string of the molecule is CCOC(=O)c1ccc(N2C(=O)C(=O)C(=C(O)c3ccc(OC)cc3)C2c2ccc(C(C)C)cc2)cc1. The molecule has 0 saturated carbocycles. The first-order valence-electron chi connectivity index (χ1n) is 12.1. The molecule has 1 saturated heterocycles. The number of carbonyl (C=O) groups excluding carboxylic acids is 3. The van der Waals surface area contributed by atoms with Gasteiger partial charge in [-0.25, -0.2) is 4.79 Å². The van der Waals surface area contributed by atoms with Gasteiger partial charge in [0, 0.05) is 11.3 Å². The van der Waals surface area contributed by atoms with Crippen LogP contribution in [0.4, 0.5) is 5.69 Å². The second-order valence-corrected chi connectivity index (χ2v) is 8.99. The molecule has 1 aliphatic rings. The molecule has 1 fully saturated rings. The van der Waals surface area contributed by atoms with Crippen LogP contribution in [-0.4, -0.2) is 36.5 Å². The number of aliphatic hydroxyl groups is 1. The van der Waals surface area contributed by atoms with Crippen molar-refractivity contribution in [1.82, 2.24) is 0 Å². The molecule has 0 radical (unpaired) electrons. The third-order valence-electron chi connectivity index (χ3n) is 6.38. The number of hydrogen-bond donors (Lipinski definition) is 1. The molecule has 1 heterocycles. The lowest BCUT2D eigenvalue weighted by atomic mass is 9.93. The molecule has 4 rings (SSSR count). The van der Waals surface area contributed by atoms with E-state index >= 15 is 0 Å². The predicted octanol–water partition coefficient (Wildman–Crippen LogP) is 5.62. The van der Waals surface area contributed by atoms with Crippen LogP contribution in [0.15, 0.2) is 78.4 Å². The van der Waals surface area contributed by atoms with Gasteiger partial charge < -0.3 is 14.6 Å². The summed E-state index contributed by atoms with van der Waals surface area (Å²) in [5, 5.41) is 11.3. The van der Waals surface area contributed by atoms with Gasteiger partial charge in [0.1, 0.15) is 11.5 Å². The van der Waals surface area contributed by atoms with Crippen molar-refractivity contribution in [3.8, 4) is 5.75 Å². The standard InChI is InChI=1S/C30H29NO6/c1-5-37-30(35)22-10-14-23(15-11-22)31-26(20-8-6-19(7-9-20)18(2)3)25(28(33)29(31)34)27(32)21-12-16-24(36-4)17-13-21/h6-18,26,32H,5H2,1-4H3. The number of carbonyl (C=O) groups is 3. The Labute approximate surface area is 215 Å². The summed E-state index contributed by atoms with van der Waals surface area (Å²) in [6.07, 6.45) is 0. The van der Waals surface area contributed by atoms with Crippen LogP contribution in [-0.2, 0) is 14.3 Å². The van der Waals surface area contributed by atoms with Gasteiger partial charge in [-0.05, 0) is 72.5 Å². The highest BCUT2D eigenvalue weighted by atomic mass is 16.5. The van der Waals surface area contributed by atoms with Crippen LogP contribution < -0.4 is 9.64 Å². The van der Waals surface area contributed by atoms with Crippen LogP contribution in [0.3, 0.4) is 0 Å². The van der Waals surface area contributed by atoms with E-state index in [-0.39, 0.29) is 17.9 Å². The van der Waals surface area contributed by atoms with E-state index in [9.17, 15) is 19.5 Å². The summed E-state index contributed by atoms with van der Waals surface area (Å²) >= 11 is 0. The Bertz CT molecular complexity index is 1340. The Kier molecular flexibility index (Phi) is 7.43. The molecule has 0 aromatic heterocycles. The summed E-state index contributed by atoms with van der Waals surface area (Å²) < 4.78 is 10.2. The van der Waals surface area contributed by atoms with Crippen molar-refractivity contribution >= 4 is 29.1 Å². The van der Waals surface area contributed by atoms with E-state index in [1.54, 1.807) is 55.5 Å². The number of rotatable bonds is 7. The van der Waals surface area contributed by atoms with Crippen molar-refractivity contribution in [3.63, 3.8) is 0 Å². The van der Waals surface area contributed by atoms with Crippen molar-refractivity contribution < 1.29 is 29.0 Å². The second-order valence-electron chi connectivity index (χ2n) is 8.99. The van der Waals surface area contributed by atoms with E-state index in [0.29, 0.717) is 34.0 Å². The van der Waals surface area contributed by atoms with Crippen LogP contribution in [0.5, 0.6) is 5.75 Å². The zero-order chi connectivity index (χ0) is 26.7.